The molecule has 0 bridgehead atoms. The molecule has 0 aliphatic carbocycles. The molecule has 0 amide bonds. The zero-order chi connectivity index (χ0) is 112. The van der Waals surface area contributed by atoms with Crippen LogP contribution in [-0.4, -0.2) is 0 Å². The summed E-state index contributed by atoms with van der Waals surface area (Å²) >= 11 is 0. The molecule has 0 aliphatic heterocycles. The second-order valence-electron chi connectivity index (χ2n) is 0. The summed E-state index contributed by atoms with van der Waals surface area (Å²) in [5.41, 5.74) is 0. The molecule has 5 heavy (non-hydrogen) atoms. The topological polar surface area (TPSA) is 0 Å². The molecule has 0 aromatic rings. The minimum atomic E-state index is 0. The van der Waals surface area contributed by atoms with Crippen molar-refractivity contribution in [1.29, 1.82) is 0 Å². The Hall–Kier alpha value is 0. The fourth-order valence-electron chi connectivity index (χ4n) is 0. The molecule has 0 aromatic heterocycles. The van der Waals surface area contributed by atoms with Crippen LogP contribution in [-0.2, 0) is 0 Å². The van der Waals surface area contributed by atoms with Gasteiger partial charge in [-0.3, -0.25) is 0 Å². The summed E-state index contributed by atoms with van der Waals surface area (Å²) in [6, 6.07) is 0. The molecule has 0 unspecified atom stereocenters. The maximum Gasteiger partial charge on any atom is 0.0194 e. The molecule has 0 fully saturated rings. The van der Waals surface area contributed by atoms with E-state index in [4.69, 9.17) is 158 Å². The zero-order valence-corrected chi connectivity index (χ0v) is 5.00. The first-order valence-corrected chi connectivity index (χ1v) is 0. The van der Waals surface area contributed by atoms with Crippen molar-refractivity contribution in [1.82, 2.24) is 0 Å². The highest BCUT2D eigenvalue weighted by molar-refractivity contribution is 2.51. The van der Waals surface area contributed by atoms with Gasteiger partial charge < -0.3 is 0 Å². The maximum atomic E-state index is 5.75. The van der Waals surface area contributed by atoms with E-state index in [1.165, 1.54) is 37.0 Å². The molecule has 0 heterocycles. The summed E-state index contributed by atoms with van der Waals surface area (Å²) in [5, 5.41) is 0. The van der Waals surface area contributed by atoms with Crippen molar-refractivity contribution in [2.24, 2.45) is 0 Å². The van der Waals surface area contributed by atoms with Crippen LogP contribution in [0.15, 0.2) is 0 Å². The quantitative estimate of drug-likeness (QED) is 0.304. The average Bonchev–Trinajstić information content (AvgIpc) is 3.95. The van der Waals surface area contributed by atoms with Crippen molar-refractivity contribution in [2.75, 3.05) is 0 Å². The van der Waals surface area contributed by atoms with Gasteiger partial charge in [-0.2, -0.15) is 0 Å². The Bertz CT molecular complexity index is 31.1. The van der Waals surface area contributed by atoms with E-state index < -0.39 is 0 Å². The van der Waals surface area contributed by atoms with Gasteiger partial charge in [0.1, 0.15) is 0 Å². The standard InChI is InChI=1S/5CH4.79H2/h5*1H4;79*1H/i5*1T;51*1+2T;28*1+2. The third-order valence-corrected chi connectivity index (χ3v) is 0. The van der Waals surface area contributed by atoms with Gasteiger partial charge in [0.05, 0.1) is 0 Å². The van der Waals surface area contributed by atoms with Gasteiger partial charge in [0.15, 0.2) is 0 Å². The smallest absolute Gasteiger partial charge is 0.0194 e. The molecule has 0 saturated heterocycles. The molecule has 0 heteroatoms. The summed E-state index contributed by atoms with van der Waals surface area (Å²) in [5.74, 6) is 0. The highest BCUT2D eigenvalue weighted by atomic mass is 12.0. The van der Waals surface area contributed by atoms with E-state index in [1.807, 2.05) is 0 Å². The Balaban J connectivity index is -0.00000000277. The van der Waals surface area contributed by atoms with Crippen molar-refractivity contribution < 1.29 is 198 Å². The molecule has 0 N–H and O–H groups in total. The third kappa shape index (κ3) is 0. The SMILES string of the molecule is [3HH].[3HH].[3HH].[3HH].[3HH].[3HH].[3HH].[3HH].[3HH].[3HH].[3HH].[3HH].[3HH].[3HH].[3HH].[3HH].[3HH].[3HH].[3HH].[3HH].[3HH].[3HH].[3HH].[3HH].[3HH].[3HH].[3HH].[3HH].[3H]C.[3H]C.[3H]C.[3H]C.[3H]C.[3H][3H].[3H][3H].[3H][3H].[3H][3H].[3H][3H].[3H][3H].[3H][3H].[3H][3H].[3H][3H].[3H][3H].[3H][3H].[3H][3H].[3H][3H].[3H][3H].[3H][3H].[3H][3H].[3H][3H].[3H][3H].[3H][3H].[3H][3H].[3H][3H].[3H][3H].[3H][3H].[3H][3H].[3H][3H].[3H][3H].[3H][3H].[3H][3H].[3H][3H].[3H][3H].[3H][3H].[3H][3H].[3H][3H].[3H][3H].[3H][3H].[3H][3H].[3H][3H].[3H][3H].[3H][3H].[3H][3H].[3H][3H].[3H][3H].[3H][3H].[3H][3H].[3H][3H].[3H][3H].[3H][3H].[3H][3H].[3H][3H].[3H][3H].[3H][3H]. The highest BCUT2D eigenvalue weighted by Crippen LogP contribution is 0.148. The van der Waals surface area contributed by atoms with Crippen LogP contribution in [0, 0.1) is 0 Å². The van der Waals surface area contributed by atoms with Crippen LogP contribution < -0.4 is 0 Å². The lowest BCUT2D eigenvalue weighted by molar-refractivity contribution is 2.50. The van der Waals surface area contributed by atoms with Gasteiger partial charge in [-0.25, -0.2) is 0 Å². The Morgan fingerprint density at radius 2 is 1.00 bits per heavy atom. The van der Waals surface area contributed by atoms with Crippen LogP contribution in [0.5, 0.6) is 0 Å². The molecule has 0 nitrogen and oxygen atoms in total. The Morgan fingerprint density at radius 3 is 1.00 bits per heavy atom. The van der Waals surface area contributed by atoms with Gasteiger partial charge >= 0.3 is 0 Å². The van der Waals surface area contributed by atoms with Crippen LogP contribution in [0.1, 0.15) is 235 Å². The van der Waals surface area contributed by atoms with Crippen molar-refractivity contribution in [2.45, 2.75) is 37.0 Å². The summed E-state index contributed by atoms with van der Waals surface area (Å²) < 4.78 is 539. The maximum absolute atomic E-state index is 5.75. The van der Waals surface area contributed by atoms with Crippen molar-refractivity contribution >= 4 is 0 Å². The Morgan fingerprint density at radius 1 is 1.00 bits per heavy atom. The lowest BCUT2D eigenvalue weighted by Gasteiger charge is -0.0786. The fraction of sp³-hybridized carbons (Fsp3) is 1.00. The summed E-state index contributed by atoms with van der Waals surface area (Å²) in [6.45, 7) is 0. The number of hydrogen-bond donors (Lipinski definition) is 0. The zero-order valence-electron chi connectivity index (χ0n) is 112. The van der Waals surface area contributed by atoms with Gasteiger partial charge in [-0.1, -0.05) is 37.0 Å². The predicted molar refractivity (Wildman–Crippen MR) is 201 cm³/mol. The summed E-state index contributed by atoms with van der Waals surface area (Å²) in [6.07, 6.45) is 0. The van der Waals surface area contributed by atoms with E-state index in [9.17, 15) is 0 Å². The fourth-order valence-corrected chi connectivity index (χ4v) is 0. The van der Waals surface area contributed by atoms with E-state index in [0.717, 1.165) is 0 Å². The first-order valence-electron chi connectivity index (χ1n) is 56.0. The molecule has 0 saturated carbocycles. The van der Waals surface area contributed by atoms with Crippen LogP contribution >= 0.6 is 0 Å². The third-order valence-electron chi connectivity index (χ3n) is 0. The molecule has 0 spiro atoms. The molecule has 0 aromatic carbocycles. The normalized spacial score (nSPS) is 88.6. The van der Waals surface area contributed by atoms with Gasteiger partial charge in [0.2, 0.25) is 0 Å². The Labute approximate surface area is 244 Å². The molecule has 0 atom stereocenters. The van der Waals surface area contributed by atoms with Crippen LogP contribution in [0.25, 0.3) is 0 Å². The predicted octanol–water partition coefficient (Wildman–Crippen LogP) is 22.6. The van der Waals surface area contributed by atoms with Gasteiger partial charge in [-0.05, 0) is 0 Å². The van der Waals surface area contributed by atoms with Crippen molar-refractivity contribution in [3.8, 4) is 0 Å². The Kier molecular flexibility index (Phi) is 0. The van der Waals surface area contributed by atoms with Crippen molar-refractivity contribution in [3.63, 3.8) is 0 Å². The summed E-state index contributed by atoms with van der Waals surface area (Å²) in [7, 11) is 6.25. The molecule has 0 radical (unpaired) electrons. The van der Waals surface area contributed by atoms with Crippen LogP contribution in [0.3, 0.4) is 0 Å². The van der Waals surface area contributed by atoms with Crippen LogP contribution in [0.2, 0.25) is 0 Å². The molecule has 0 rings (SSSR count). The first kappa shape index (κ1) is 0.0255. The molecular weight excluding hydrogens is 60.1 g/mol. The van der Waals surface area contributed by atoms with Crippen molar-refractivity contribution in [3.05, 3.63) is 0 Å². The highest BCUT2D eigenvalue weighted by Gasteiger charge is -0.0736. The average molecular weight is 511 g/mol. The van der Waals surface area contributed by atoms with Gasteiger partial charge in [0, 0.05) is 198 Å². The lowest BCUT2D eigenvalue weighted by Crippen LogP contribution is 0.143. The van der Waals surface area contributed by atoms with Crippen LogP contribution in [0.4, 0.5) is 0 Å². The molecule has 198 valence electrons. The van der Waals surface area contributed by atoms with E-state index in [2.05, 4.69) is 0 Å². The minimum Gasteiger partial charge on any atom is -0.0776 e. The number of rotatable bonds is 0. The van der Waals surface area contributed by atoms with Gasteiger partial charge in [-0.15, -0.1) is 0 Å². The van der Waals surface area contributed by atoms with E-state index in [-0.39, 0.29) is 39.9 Å². The monoisotopic (exact) mass is 511 g/mol. The van der Waals surface area contributed by atoms with Gasteiger partial charge in [0.25, 0.3) is 0 Å². The molecular formula is C5H178. The summed E-state index contributed by atoms with van der Waals surface area (Å²) in [4.78, 5) is 0. The second-order valence-corrected chi connectivity index (χ2v) is 0. The minimum absolute atomic E-state index is 0. The van der Waals surface area contributed by atoms with E-state index >= 15 is 0 Å². The first-order chi connectivity index (χ1) is 56.0. The largest absolute Gasteiger partial charge is 0.0776 e. The second kappa shape index (κ2) is 0. The van der Waals surface area contributed by atoms with E-state index in [1.54, 1.807) is 0 Å². The lowest BCUT2D eigenvalue weighted by atomic mass is 12.0. The number of hydrogen-bond acceptors (Lipinski definition) is 0. The molecule has 0 aliphatic rings. The van der Waals surface area contributed by atoms with E-state index in [0.29, 0.717) is 0 Å².